The molecule has 4 heterocycles. The van der Waals surface area contributed by atoms with Crippen LogP contribution in [0.2, 0.25) is 0 Å². The van der Waals surface area contributed by atoms with Crippen molar-refractivity contribution in [3.05, 3.63) is 82.6 Å². The number of methoxy groups -OCH3 is 1. The summed E-state index contributed by atoms with van der Waals surface area (Å²) in [5, 5.41) is 1.16. The third-order valence-electron chi connectivity index (χ3n) is 4.84. The number of H-pyrrole nitrogens is 1. The molecule has 0 atom stereocenters. The van der Waals surface area contributed by atoms with Gasteiger partial charge in [0.1, 0.15) is 5.65 Å². The van der Waals surface area contributed by atoms with E-state index in [1.54, 1.807) is 13.3 Å². The van der Waals surface area contributed by atoms with Crippen LogP contribution in [0.3, 0.4) is 0 Å². The first-order valence-electron chi connectivity index (χ1n) is 8.91. The summed E-state index contributed by atoms with van der Waals surface area (Å²) in [6.45, 7) is 4.11. The van der Waals surface area contributed by atoms with E-state index >= 15 is 0 Å². The van der Waals surface area contributed by atoms with Crippen molar-refractivity contribution < 1.29 is 4.74 Å². The van der Waals surface area contributed by atoms with Crippen LogP contribution >= 0.6 is 0 Å². The summed E-state index contributed by atoms with van der Waals surface area (Å²) < 4.78 is 5.42. The second-order valence-electron chi connectivity index (χ2n) is 6.75. The Bertz CT molecular complexity index is 1100. The number of aryl methyl sites for hydroxylation is 2. The summed E-state index contributed by atoms with van der Waals surface area (Å²) >= 11 is 0. The van der Waals surface area contributed by atoms with Gasteiger partial charge in [-0.05, 0) is 53.8 Å². The fourth-order valence-electron chi connectivity index (χ4n) is 3.44. The molecule has 1 N–H and O–H groups in total. The van der Waals surface area contributed by atoms with Crippen LogP contribution in [0.1, 0.15) is 33.4 Å². The summed E-state index contributed by atoms with van der Waals surface area (Å²) in [6.07, 6.45) is 12.2. The van der Waals surface area contributed by atoms with Crippen molar-refractivity contribution in [3.8, 4) is 5.88 Å². The van der Waals surface area contributed by atoms with Gasteiger partial charge >= 0.3 is 0 Å². The first-order chi connectivity index (χ1) is 13.2. The van der Waals surface area contributed by atoms with Gasteiger partial charge in [0.25, 0.3) is 0 Å². The van der Waals surface area contributed by atoms with E-state index in [2.05, 4.69) is 52.1 Å². The maximum atomic E-state index is 5.42. The second kappa shape index (κ2) is 7.19. The van der Waals surface area contributed by atoms with Gasteiger partial charge in [-0.15, -0.1) is 0 Å². The molecule has 0 aliphatic rings. The minimum atomic E-state index is 0.659. The van der Waals surface area contributed by atoms with E-state index in [9.17, 15) is 0 Å². The van der Waals surface area contributed by atoms with E-state index < -0.39 is 0 Å². The molecule has 5 heteroatoms. The Morgan fingerprint density at radius 3 is 2.81 bits per heavy atom. The quantitative estimate of drug-likeness (QED) is 0.587. The smallest absolute Gasteiger partial charge is 0.216 e. The molecule has 0 amide bonds. The van der Waals surface area contributed by atoms with Crippen LogP contribution in [0.5, 0.6) is 5.88 Å². The zero-order valence-corrected chi connectivity index (χ0v) is 15.7. The highest BCUT2D eigenvalue weighted by atomic mass is 16.5. The minimum absolute atomic E-state index is 0.659. The van der Waals surface area contributed by atoms with E-state index in [4.69, 9.17) is 4.74 Å². The number of pyridine rings is 3. The number of hydrogen-bond donors (Lipinski definition) is 1. The van der Waals surface area contributed by atoms with Crippen molar-refractivity contribution >= 4 is 11.0 Å². The van der Waals surface area contributed by atoms with Crippen LogP contribution < -0.4 is 4.74 Å². The third-order valence-corrected chi connectivity index (χ3v) is 4.84. The molecule has 27 heavy (non-hydrogen) atoms. The molecular formula is C22H21N4O. The maximum absolute atomic E-state index is 5.42. The van der Waals surface area contributed by atoms with Crippen molar-refractivity contribution in [3.63, 3.8) is 0 Å². The van der Waals surface area contributed by atoms with Crippen molar-refractivity contribution in [1.82, 2.24) is 19.9 Å². The lowest BCUT2D eigenvalue weighted by Gasteiger charge is -2.13. The van der Waals surface area contributed by atoms with E-state index in [1.807, 2.05) is 24.7 Å². The molecule has 0 saturated carbocycles. The van der Waals surface area contributed by atoms with E-state index in [-0.39, 0.29) is 0 Å². The van der Waals surface area contributed by atoms with Crippen LogP contribution in [-0.4, -0.2) is 27.0 Å². The number of nitrogens with one attached hydrogen (secondary N) is 1. The van der Waals surface area contributed by atoms with E-state index in [0.717, 1.165) is 40.6 Å². The van der Waals surface area contributed by atoms with E-state index in [1.165, 1.54) is 16.7 Å². The van der Waals surface area contributed by atoms with Gasteiger partial charge in [0.15, 0.2) is 0 Å². The number of ether oxygens (including phenoxy) is 1. The minimum Gasteiger partial charge on any atom is -0.481 e. The lowest BCUT2D eigenvalue weighted by Crippen LogP contribution is -2.03. The zero-order valence-electron chi connectivity index (χ0n) is 15.7. The first kappa shape index (κ1) is 17.2. The Hall–Kier alpha value is -3.21. The Morgan fingerprint density at radius 2 is 1.96 bits per heavy atom. The molecule has 0 unspecified atom stereocenters. The van der Waals surface area contributed by atoms with Gasteiger partial charge in [-0.25, -0.2) is 9.97 Å². The molecule has 4 aromatic heterocycles. The number of rotatable bonds is 5. The van der Waals surface area contributed by atoms with Gasteiger partial charge in [-0.1, -0.05) is 6.07 Å². The average molecular weight is 357 g/mol. The van der Waals surface area contributed by atoms with Crippen molar-refractivity contribution in [2.75, 3.05) is 7.11 Å². The molecule has 0 aliphatic carbocycles. The van der Waals surface area contributed by atoms with E-state index in [0.29, 0.717) is 5.88 Å². The van der Waals surface area contributed by atoms with Crippen molar-refractivity contribution in [2.45, 2.75) is 26.7 Å². The van der Waals surface area contributed by atoms with Crippen LogP contribution in [-0.2, 0) is 12.8 Å². The first-order valence-corrected chi connectivity index (χ1v) is 8.91. The lowest BCUT2D eigenvalue weighted by atomic mass is 9.94. The van der Waals surface area contributed by atoms with Crippen LogP contribution in [0.4, 0.5) is 0 Å². The Balaban J connectivity index is 1.73. The normalized spacial score (nSPS) is 11.1. The molecule has 1 radical (unpaired) electrons. The molecular weight excluding hydrogens is 336 g/mol. The fraction of sp³-hybridized carbons (Fsp3) is 0.227. The summed E-state index contributed by atoms with van der Waals surface area (Å²) in [4.78, 5) is 16.4. The number of fused-ring (bicyclic) bond motifs is 1. The Morgan fingerprint density at radius 1 is 1.07 bits per heavy atom. The topological polar surface area (TPSA) is 63.7 Å². The SMILES string of the molecule is COc1ncccc1Cc1c(C)[c]ncc1Cc1c[nH]c2ncc(C)cc12. The molecule has 0 aromatic carbocycles. The van der Waals surface area contributed by atoms with Crippen molar-refractivity contribution in [1.29, 1.82) is 0 Å². The van der Waals surface area contributed by atoms with Gasteiger partial charge in [0.05, 0.1) is 13.3 Å². The molecule has 0 saturated heterocycles. The summed E-state index contributed by atoms with van der Waals surface area (Å²) in [7, 11) is 1.65. The predicted molar refractivity (Wildman–Crippen MR) is 105 cm³/mol. The highest BCUT2D eigenvalue weighted by molar-refractivity contribution is 5.80. The predicted octanol–water partition coefficient (Wildman–Crippen LogP) is 3.96. The van der Waals surface area contributed by atoms with Crippen molar-refractivity contribution in [2.24, 2.45) is 0 Å². The van der Waals surface area contributed by atoms with Crippen LogP contribution in [0.25, 0.3) is 11.0 Å². The molecule has 0 aliphatic heterocycles. The van der Waals surface area contributed by atoms with Crippen LogP contribution in [0, 0.1) is 20.0 Å². The molecule has 0 spiro atoms. The lowest BCUT2D eigenvalue weighted by molar-refractivity contribution is 0.393. The highest BCUT2D eigenvalue weighted by Crippen LogP contribution is 2.26. The Kier molecular flexibility index (Phi) is 4.59. The summed E-state index contributed by atoms with van der Waals surface area (Å²) in [6, 6.07) is 6.16. The zero-order chi connectivity index (χ0) is 18.8. The second-order valence-corrected chi connectivity index (χ2v) is 6.75. The largest absolute Gasteiger partial charge is 0.481 e. The molecule has 0 bridgehead atoms. The maximum Gasteiger partial charge on any atom is 0.216 e. The summed E-state index contributed by atoms with van der Waals surface area (Å²) in [5.74, 6) is 0.659. The van der Waals surface area contributed by atoms with Gasteiger partial charge < -0.3 is 9.72 Å². The van der Waals surface area contributed by atoms with Crippen LogP contribution in [0.15, 0.2) is 43.0 Å². The molecule has 5 nitrogen and oxygen atoms in total. The van der Waals surface area contributed by atoms with Gasteiger partial charge in [-0.3, -0.25) is 4.98 Å². The Labute approximate surface area is 158 Å². The molecule has 0 fully saturated rings. The number of hydrogen-bond acceptors (Lipinski definition) is 4. The third kappa shape index (κ3) is 3.40. The number of nitrogens with zero attached hydrogens (tertiary/aromatic N) is 3. The standard InChI is InChI=1S/C22H21N4O/c1-14-7-20-18(13-26-21(20)25-10-14)8-17-12-23-11-15(2)19(17)9-16-5-4-6-24-22(16)27-3/h4-7,10,12-13H,8-9H2,1-3H3,(H,25,26). The van der Waals surface area contributed by atoms with Gasteiger partial charge in [0.2, 0.25) is 5.88 Å². The number of aromatic nitrogens is 4. The molecule has 4 aromatic rings. The summed E-state index contributed by atoms with van der Waals surface area (Å²) in [5.41, 5.74) is 7.78. The molecule has 135 valence electrons. The van der Waals surface area contributed by atoms with Gasteiger partial charge in [-0.2, -0.15) is 0 Å². The average Bonchev–Trinajstić information content (AvgIpc) is 3.07. The highest BCUT2D eigenvalue weighted by Gasteiger charge is 2.14. The fourth-order valence-corrected chi connectivity index (χ4v) is 3.44. The molecule has 4 rings (SSSR count). The monoisotopic (exact) mass is 357 g/mol. The number of aromatic amines is 1. The van der Waals surface area contributed by atoms with Gasteiger partial charge in [0, 0.05) is 48.6 Å².